The van der Waals surface area contributed by atoms with Gasteiger partial charge in [0.25, 0.3) is 0 Å². The Kier molecular flexibility index (Phi) is 5.30. The van der Waals surface area contributed by atoms with E-state index >= 15 is 0 Å². The van der Waals surface area contributed by atoms with Crippen LogP contribution in [0.2, 0.25) is 0 Å². The van der Waals surface area contributed by atoms with Crippen LogP contribution in [0.15, 0.2) is 24.3 Å². The van der Waals surface area contributed by atoms with Crippen LogP contribution in [0.1, 0.15) is 5.56 Å². The highest BCUT2D eigenvalue weighted by Gasteiger charge is 1.87. The summed E-state index contributed by atoms with van der Waals surface area (Å²) in [5.74, 6) is -0.600. The number of hydrogen-bond acceptors (Lipinski definition) is 3. The van der Waals surface area contributed by atoms with E-state index in [0.717, 1.165) is 5.56 Å². The lowest BCUT2D eigenvalue weighted by atomic mass is 10.2. The van der Waals surface area contributed by atoms with Crippen molar-refractivity contribution in [2.75, 3.05) is 6.54 Å². The molecule has 0 aliphatic heterocycles. The van der Waals surface area contributed by atoms with E-state index in [2.05, 4.69) is 5.73 Å². The van der Waals surface area contributed by atoms with Gasteiger partial charge in [-0.25, -0.2) is 0 Å². The molecule has 0 atom stereocenters. The molecule has 0 unspecified atom stereocenters. The molecule has 0 spiro atoms. The molecule has 4 heteroatoms. The molecule has 72 valence electrons. The highest BCUT2D eigenvalue weighted by molar-refractivity contribution is 5.68. The van der Waals surface area contributed by atoms with Crippen molar-refractivity contribution in [3.8, 4) is 5.75 Å². The molecular weight excluding hydrogens is 170 g/mol. The van der Waals surface area contributed by atoms with Gasteiger partial charge in [-0.2, -0.15) is 0 Å². The van der Waals surface area contributed by atoms with E-state index in [1.54, 1.807) is 6.07 Å². The summed E-state index contributed by atoms with van der Waals surface area (Å²) in [6.07, 6.45) is 0. The van der Waals surface area contributed by atoms with Crippen molar-refractivity contribution in [1.82, 2.24) is 0 Å². The summed E-state index contributed by atoms with van der Waals surface area (Å²) >= 11 is 0. The van der Waals surface area contributed by atoms with Crippen molar-refractivity contribution in [2.45, 2.75) is 6.92 Å². The van der Waals surface area contributed by atoms with Gasteiger partial charge >= 0.3 is 5.97 Å². The van der Waals surface area contributed by atoms with Crippen molar-refractivity contribution >= 4 is 5.97 Å². The van der Waals surface area contributed by atoms with E-state index in [1.807, 2.05) is 25.1 Å². The fourth-order valence-corrected chi connectivity index (χ4v) is 0.563. The van der Waals surface area contributed by atoms with Gasteiger partial charge in [-0.05, 0) is 18.6 Å². The second-order valence-electron chi connectivity index (χ2n) is 2.38. The van der Waals surface area contributed by atoms with Crippen LogP contribution >= 0.6 is 0 Å². The largest absolute Gasteiger partial charge is 0.508 e. The number of benzene rings is 1. The Labute approximate surface area is 76.6 Å². The third-order valence-electron chi connectivity index (χ3n) is 1.29. The van der Waals surface area contributed by atoms with Gasteiger partial charge in [0.05, 0.1) is 6.54 Å². The number of rotatable bonds is 1. The van der Waals surface area contributed by atoms with Crippen molar-refractivity contribution in [1.29, 1.82) is 0 Å². The van der Waals surface area contributed by atoms with Crippen LogP contribution in [-0.2, 0) is 4.79 Å². The van der Waals surface area contributed by atoms with E-state index < -0.39 is 5.97 Å². The molecule has 0 aliphatic rings. The van der Waals surface area contributed by atoms with Gasteiger partial charge in [-0.1, -0.05) is 18.2 Å². The van der Waals surface area contributed by atoms with Crippen LogP contribution in [-0.4, -0.2) is 22.7 Å². The lowest BCUT2D eigenvalue weighted by Gasteiger charge is -1.92. The van der Waals surface area contributed by atoms with Gasteiger partial charge in [0.2, 0.25) is 0 Å². The molecule has 0 aromatic heterocycles. The van der Waals surface area contributed by atoms with Gasteiger partial charge in [0.1, 0.15) is 5.75 Å². The van der Waals surface area contributed by atoms with Gasteiger partial charge in [0.15, 0.2) is 0 Å². The van der Waals surface area contributed by atoms with Crippen LogP contribution in [0.5, 0.6) is 5.75 Å². The van der Waals surface area contributed by atoms with Crippen LogP contribution in [0.3, 0.4) is 0 Å². The molecule has 0 radical (unpaired) electrons. The Balaban J connectivity index is 0.000000252. The maximum absolute atomic E-state index is 9.24. The summed E-state index contributed by atoms with van der Waals surface area (Å²) in [6.45, 7) is 1.59. The molecule has 4 N–H and O–H groups in total. The number of carboxylic acid groups (broad SMARTS) is 1. The fraction of sp³-hybridized carbons (Fsp3) is 0.222. The summed E-state index contributed by atoms with van der Waals surface area (Å²) in [4.78, 5) is 9.24. The maximum atomic E-state index is 9.24. The minimum absolute atomic E-state index is 0.278. The highest BCUT2D eigenvalue weighted by atomic mass is 16.4. The van der Waals surface area contributed by atoms with Crippen LogP contribution in [0, 0.1) is 6.92 Å². The molecule has 0 aliphatic carbocycles. The van der Waals surface area contributed by atoms with Crippen molar-refractivity contribution in [2.24, 2.45) is 5.73 Å². The SMILES string of the molecule is Cc1ccccc1O.NCC(=O)O. The molecule has 4 nitrogen and oxygen atoms in total. The van der Waals surface area contributed by atoms with E-state index in [9.17, 15) is 4.79 Å². The Bertz CT molecular complexity index is 252. The Morgan fingerprint density at radius 1 is 1.46 bits per heavy atom. The summed E-state index contributed by atoms with van der Waals surface area (Å²) in [5.41, 5.74) is 5.50. The van der Waals surface area contributed by atoms with Gasteiger partial charge in [0, 0.05) is 0 Å². The van der Waals surface area contributed by atoms with Crippen LogP contribution in [0.25, 0.3) is 0 Å². The average Bonchev–Trinajstić information content (AvgIpc) is 2.11. The smallest absolute Gasteiger partial charge is 0.317 e. The standard InChI is InChI=1S/C7H8O.C2H5NO2/c1-6-4-2-3-5-7(6)8;3-1-2(4)5/h2-5,8H,1H3;1,3H2,(H,4,5). The van der Waals surface area contributed by atoms with E-state index in [4.69, 9.17) is 10.2 Å². The topological polar surface area (TPSA) is 83.5 Å². The molecule has 1 aromatic rings. The summed E-state index contributed by atoms with van der Waals surface area (Å²) < 4.78 is 0. The van der Waals surface area contributed by atoms with E-state index in [-0.39, 0.29) is 6.54 Å². The zero-order valence-electron chi connectivity index (χ0n) is 7.40. The molecule has 0 saturated carbocycles. The Hall–Kier alpha value is -1.55. The van der Waals surface area contributed by atoms with Crippen molar-refractivity contribution < 1.29 is 15.0 Å². The highest BCUT2D eigenvalue weighted by Crippen LogP contribution is 2.12. The zero-order valence-corrected chi connectivity index (χ0v) is 7.40. The van der Waals surface area contributed by atoms with E-state index in [1.165, 1.54) is 0 Å². The second kappa shape index (κ2) is 6.02. The molecule has 0 fully saturated rings. The molecular formula is C9H13NO3. The third kappa shape index (κ3) is 5.69. The van der Waals surface area contributed by atoms with E-state index in [0.29, 0.717) is 5.75 Å². The van der Waals surface area contributed by atoms with Crippen LogP contribution < -0.4 is 5.73 Å². The molecule has 0 bridgehead atoms. The predicted octanol–water partition coefficient (Wildman–Crippen LogP) is 0.730. The molecule has 0 saturated heterocycles. The number of phenolic OH excluding ortho intramolecular Hbond substituents is 1. The number of carboxylic acids is 1. The van der Waals surface area contributed by atoms with Gasteiger partial charge in [-0.15, -0.1) is 0 Å². The number of carbonyl (C=O) groups is 1. The molecule has 1 aromatic carbocycles. The Morgan fingerprint density at radius 2 is 1.92 bits per heavy atom. The minimum Gasteiger partial charge on any atom is -0.508 e. The van der Waals surface area contributed by atoms with Crippen molar-refractivity contribution in [3.05, 3.63) is 29.8 Å². The lowest BCUT2D eigenvalue weighted by Crippen LogP contribution is -2.10. The number of aromatic hydroxyl groups is 1. The number of aliphatic carboxylic acids is 1. The monoisotopic (exact) mass is 183 g/mol. The van der Waals surface area contributed by atoms with Crippen molar-refractivity contribution in [3.63, 3.8) is 0 Å². The maximum Gasteiger partial charge on any atom is 0.317 e. The minimum atomic E-state index is -0.968. The number of nitrogens with two attached hydrogens (primary N) is 1. The first-order chi connectivity index (χ1) is 6.07. The number of para-hydroxylation sites is 1. The third-order valence-corrected chi connectivity index (χ3v) is 1.29. The number of aryl methyl sites for hydroxylation is 1. The summed E-state index contributed by atoms with van der Waals surface area (Å²) in [6, 6.07) is 7.25. The van der Waals surface area contributed by atoms with Gasteiger partial charge < -0.3 is 15.9 Å². The fourth-order valence-electron chi connectivity index (χ4n) is 0.563. The average molecular weight is 183 g/mol. The second-order valence-corrected chi connectivity index (χ2v) is 2.38. The van der Waals surface area contributed by atoms with Crippen LogP contribution in [0.4, 0.5) is 0 Å². The zero-order chi connectivity index (χ0) is 10.3. The summed E-state index contributed by atoms with van der Waals surface area (Å²) in [7, 11) is 0. The van der Waals surface area contributed by atoms with Gasteiger partial charge in [-0.3, -0.25) is 4.79 Å². The quantitative estimate of drug-likeness (QED) is 0.599. The lowest BCUT2D eigenvalue weighted by molar-refractivity contribution is -0.135. The Morgan fingerprint density at radius 3 is 2.15 bits per heavy atom. The summed E-state index contributed by atoms with van der Waals surface area (Å²) in [5, 5.41) is 16.5. The number of hydrogen-bond donors (Lipinski definition) is 3. The molecule has 13 heavy (non-hydrogen) atoms. The molecule has 0 heterocycles. The first-order valence-corrected chi connectivity index (χ1v) is 3.74. The predicted molar refractivity (Wildman–Crippen MR) is 49.5 cm³/mol. The molecule has 0 amide bonds. The first kappa shape index (κ1) is 11.4. The number of phenols is 1. The molecule has 1 rings (SSSR count). The normalized spacial score (nSPS) is 8.46. The first-order valence-electron chi connectivity index (χ1n) is 3.74.